The summed E-state index contributed by atoms with van der Waals surface area (Å²) in [5.74, 6) is -1.02. The van der Waals surface area contributed by atoms with Crippen molar-refractivity contribution in [3.63, 3.8) is 0 Å². The molecule has 0 spiro atoms. The van der Waals surface area contributed by atoms with Gasteiger partial charge in [-0.3, -0.25) is 13.9 Å². The average molecular weight is 570 g/mol. The second kappa shape index (κ2) is 13.4. The molecule has 0 aromatic heterocycles. The zero-order valence-corrected chi connectivity index (χ0v) is 24.2. The second-order valence-electron chi connectivity index (χ2n) is 9.67. The van der Waals surface area contributed by atoms with Crippen molar-refractivity contribution in [3.05, 3.63) is 89.7 Å². The molecule has 10 heteroatoms. The van der Waals surface area contributed by atoms with E-state index < -0.39 is 34.3 Å². The maximum atomic E-state index is 13.9. The Morgan fingerprint density at radius 2 is 1.65 bits per heavy atom. The summed E-state index contributed by atoms with van der Waals surface area (Å²) in [5, 5.41) is 2.90. The van der Waals surface area contributed by atoms with Crippen molar-refractivity contribution < 1.29 is 27.1 Å². The van der Waals surface area contributed by atoms with Gasteiger partial charge in [-0.05, 0) is 81.3 Å². The SMILES string of the molecule is CC[C@H](C)NC(=O)[C@H](C)N(Cc1cccc(C)c1)C(=O)CN(c1ccc(F)cc1)S(=O)(=O)c1ccc(OC)cc1. The number of rotatable bonds is 12. The summed E-state index contributed by atoms with van der Waals surface area (Å²) >= 11 is 0. The molecule has 8 nitrogen and oxygen atoms in total. The minimum atomic E-state index is -4.26. The number of amides is 2. The molecule has 0 radical (unpaired) electrons. The van der Waals surface area contributed by atoms with Gasteiger partial charge < -0.3 is 15.0 Å². The van der Waals surface area contributed by atoms with Gasteiger partial charge in [0.05, 0.1) is 17.7 Å². The molecule has 0 fully saturated rings. The second-order valence-corrected chi connectivity index (χ2v) is 11.5. The Hall–Kier alpha value is -3.92. The molecule has 3 aromatic rings. The van der Waals surface area contributed by atoms with Gasteiger partial charge in [-0.1, -0.05) is 36.8 Å². The van der Waals surface area contributed by atoms with Gasteiger partial charge in [-0.25, -0.2) is 12.8 Å². The third kappa shape index (κ3) is 7.59. The maximum Gasteiger partial charge on any atom is 0.264 e. The first kappa shape index (κ1) is 30.6. The number of anilines is 1. The van der Waals surface area contributed by atoms with Crippen molar-refractivity contribution in [1.29, 1.82) is 0 Å². The molecular formula is C30H36FN3O5S. The standard InChI is InChI=1S/C30H36FN3O5S/c1-6-22(3)32-30(36)23(4)33(19-24-9-7-8-21(2)18-24)29(35)20-34(26-12-10-25(31)11-13-26)40(37,38)28-16-14-27(39-5)15-17-28/h7-18,22-23H,6,19-20H2,1-5H3,(H,32,36)/t22-,23-/m0/s1. The fourth-order valence-electron chi connectivity index (χ4n) is 4.07. The van der Waals surface area contributed by atoms with Crippen LogP contribution in [0.5, 0.6) is 5.75 Å². The topological polar surface area (TPSA) is 96.0 Å². The normalized spacial score (nSPS) is 12.8. The molecule has 3 rings (SSSR count). The molecule has 3 aromatic carbocycles. The molecule has 2 atom stereocenters. The number of hydrogen-bond acceptors (Lipinski definition) is 5. The third-order valence-electron chi connectivity index (χ3n) is 6.64. The van der Waals surface area contributed by atoms with E-state index >= 15 is 0 Å². The van der Waals surface area contributed by atoms with E-state index in [2.05, 4.69) is 5.32 Å². The number of hydrogen-bond donors (Lipinski definition) is 1. The van der Waals surface area contributed by atoms with Gasteiger partial charge in [0.1, 0.15) is 24.2 Å². The number of aryl methyl sites for hydroxylation is 1. The van der Waals surface area contributed by atoms with E-state index in [0.29, 0.717) is 12.2 Å². The Kier molecular flexibility index (Phi) is 10.3. The van der Waals surface area contributed by atoms with Crippen LogP contribution in [0.1, 0.15) is 38.3 Å². The van der Waals surface area contributed by atoms with E-state index in [-0.39, 0.29) is 29.1 Å². The van der Waals surface area contributed by atoms with Gasteiger partial charge in [0.2, 0.25) is 11.8 Å². The Morgan fingerprint density at radius 1 is 1.00 bits per heavy atom. The highest BCUT2D eigenvalue weighted by Crippen LogP contribution is 2.26. The van der Waals surface area contributed by atoms with Gasteiger partial charge in [0.25, 0.3) is 10.0 Å². The number of benzene rings is 3. The van der Waals surface area contributed by atoms with Crippen molar-refractivity contribution in [2.24, 2.45) is 0 Å². The van der Waals surface area contributed by atoms with Crippen molar-refractivity contribution in [2.75, 3.05) is 18.0 Å². The van der Waals surface area contributed by atoms with E-state index in [1.165, 1.54) is 48.4 Å². The Balaban J connectivity index is 2.02. The first-order valence-electron chi connectivity index (χ1n) is 13.0. The molecule has 214 valence electrons. The largest absolute Gasteiger partial charge is 0.497 e. The van der Waals surface area contributed by atoms with Crippen LogP contribution in [0.3, 0.4) is 0 Å². The number of methoxy groups -OCH3 is 1. The Morgan fingerprint density at radius 3 is 2.23 bits per heavy atom. The average Bonchev–Trinajstić information content (AvgIpc) is 2.94. The minimum absolute atomic E-state index is 0.0711. The van der Waals surface area contributed by atoms with Crippen LogP contribution in [0.25, 0.3) is 0 Å². The van der Waals surface area contributed by atoms with Crippen molar-refractivity contribution in [1.82, 2.24) is 10.2 Å². The lowest BCUT2D eigenvalue weighted by Gasteiger charge is -2.32. The summed E-state index contributed by atoms with van der Waals surface area (Å²) < 4.78 is 47.4. The Bertz CT molecular complexity index is 1410. The van der Waals surface area contributed by atoms with E-state index in [1.54, 1.807) is 6.92 Å². The fourth-order valence-corrected chi connectivity index (χ4v) is 5.48. The molecule has 0 aliphatic rings. The molecule has 0 aliphatic carbocycles. The quantitative estimate of drug-likeness (QED) is 0.342. The molecule has 0 bridgehead atoms. The molecule has 0 heterocycles. The highest BCUT2D eigenvalue weighted by molar-refractivity contribution is 7.92. The number of ether oxygens (including phenoxy) is 1. The number of carbonyl (C=O) groups is 2. The number of nitrogens with one attached hydrogen (secondary N) is 1. The Labute approximate surface area is 235 Å². The summed E-state index contributed by atoms with van der Waals surface area (Å²) in [4.78, 5) is 28.3. The van der Waals surface area contributed by atoms with Gasteiger partial charge in [-0.15, -0.1) is 0 Å². The highest BCUT2D eigenvalue weighted by Gasteiger charge is 2.33. The van der Waals surface area contributed by atoms with Crippen LogP contribution < -0.4 is 14.4 Å². The van der Waals surface area contributed by atoms with E-state index in [4.69, 9.17) is 4.74 Å². The van der Waals surface area contributed by atoms with Crippen LogP contribution in [-0.2, 0) is 26.2 Å². The smallest absolute Gasteiger partial charge is 0.264 e. The molecule has 2 amide bonds. The van der Waals surface area contributed by atoms with Gasteiger partial charge in [0.15, 0.2) is 0 Å². The zero-order valence-electron chi connectivity index (χ0n) is 23.4. The van der Waals surface area contributed by atoms with Crippen LogP contribution >= 0.6 is 0 Å². The highest BCUT2D eigenvalue weighted by atomic mass is 32.2. The molecule has 0 saturated carbocycles. The lowest BCUT2D eigenvalue weighted by molar-refractivity contribution is -0.139. The molecule has 40 heavy (non-hydrogen) atoms. The van der Waals surface area contributed by atoms with Crippen molar-refractivity contribution in [3.8, 4) is 5.75 Å². The monoisotopic (exact) mass is 569 g/mol. The van der Waals surface area contributed by atoms with E-state index in [0.717, 1.165) is 27.6 Å². The number of sulfonamides is 1. The first-order valence-corrected chi connectivity index (χ1v) is 14.5. The van der Waals surface area contributed by atoms with Crippen LogP contribution in [-0.4, -0.2) is 50.9 Å². The van der Waals surface area contributed by atoms with Gasteiger partial charge in [0, 0.05) is 12.6 Å². The van der Waals surface area contributed by atoms with Crippen LogP contribution in [0.2, 0.25) is 0 Å². The van der Waals surface area contributed by atoms with Crippen LogP contribution in [0, 0.1) is 12.7 Å². The molecule has 0 unspecified atom stereocenters. The molecule has 0 saturated heterocycles. The molecule has 0 aliphatic heterocycles. The summed E-state index contributed by atoms with van der Waals surface area (Å²) in [7, 11) is -2.80. The summed E-state index contributed by atoms with van der Waals surface area (Å²) in [5.41, 5.74) is 1.89. The predicted octanol–water partition coefficient (Wildman–Crippen LogP) is 4.67. The molecule has 1 N–H and O–H groups in total. The summed E-state index contributed by atoms with van der Waals surface area (Å²) in [6.07, 6.45) is 0.711. The van der Waals surface area contributed by atoms with Gasteiger partial charge >= 0.3 is 0 Å². The minimum Gasteiger partial charge on any atom is -0.497 e. The van der Waals surface area contributed by atoms with E-state index in [9.17, 15) is 22.4 Å². The van der Waals surface area contributed by atoms with Crippen molar-refractivity contribution >= 4 is 27.5 Å². The first-order chi connectivity index (χ1) is 19.0. The number of carbonyl (C=O) groups excluding carboxylic acids is 2. The maximum absolute atomic E-state index is 13.9. The van der Waals surface area contributed by atoms with E-state index in [1.807, 2.05) is 45.0 Å². The van der Waals surface area contributed by atoms with Crippen molar-refractivity contribution in [2.45, 2.75) is 57.6 Å². The molecular weight excluding hydrogens is 533 g/mol. The summed E-state index contributed by atoms with van der Waals surface area (Å²) in [6, 6.07) is 17.2. The number of nitrogens with zero attached hydrogens (tertiary/aromatic N) is 2. The number of halogens is 1. The van der Waals surface area contributed by atoms with Gasteiger partial charge in [-0.2, -0.15) is 0 Å². The fraction of sp³-hybridized carbons (Fsp3) is 0.333. The summed E-state index contributed by atoms with van der Waals surface area (Å²) in [6.45, 7) is 6.84. The third-order valence-corrected chi connectivity index (χ3v) is 8.43. The predicted molar refractivity (Wildman–Crippen MR) is 153 cm³/mol. The lowest BCUT2D eigenvalue weighted by Crippen LogP contribution is -2.52. The lowest BCUT2D eigenvalue weighted by atomic mass is 10.1. The van der Waals surface area contributed by atoms with Crippen LogP contribution in [0.15, 0.2) is 77.7 Å². The van der Waals surface area contributed by atoms with Crippen LogP contribution in [0.4, 0.5) is 10.1 Å². The zero-order chi connectivity index (χ0) is 29.4.